The lowest BCUT2D eigenvalue weighted by molar-refractivity contribution is 0.102. The molecule has 4 heteroatoms. The number of aromatic nitrogens is 1. The van der Waals surface area contributed by atoms with Gasteiger partial charge in [-0.3, -0.25) is 4.79 Å². The number of aryl methyl sites for hydroxylation is 1. The highest BCUT2D eigenvalue weighted by Gasteiger charge is 2.19. The maximum atomic E-state index is 12.7. The number of nitrogens with one attached hydrogen (secondary N) is 1. The first kappa shape index (κ1) is 13.9. The Morgan fingerprint density at radius 2 is 2.13 bits per heavy atom. The van der Waals surface area contributed by atoms with Crippen molar-refractivity contribution in [2.24, 2.45) is 7.05 Å². The minimum Gasteiger partial charge on any atom is -0.490 e. The number of hydrogen-bond donors (Lipinski definition) is 1. The molecule has 2 aromatic carbocycles. The maximum absolute atomic E-state index is 12.7. The van der Waals surface area contributed by atoms with Crippen molar-refractivity contribution in [1.82, 2.24) is 4.57 Å². The van der Waals surface area contributed by atoms with E-state index in [9.17, 15) is 4.79 Å². The van der Waals surface area contributed by atoms with Gasteiger partial charge in [-0.1, -0.05) is 6.07 Å². The van der Waals surface area contributed by atoms with Crippen molar-refractivity contribution >= 4 is 22.5 Å². The van der Waals surface area contributed by atoms with Gasteiger partial charge in [0.15, 0.2) is 0 Å². The third kappa shape index (κ3) is 2.36. The highest BCUT2D eigenvalue weighted by atomic mass is 16.5. The van der Waals surface area contributed by atoms with E-state index in [0.717, 1.165) is 34.3 Å². The number of rotatable bonds is 2. The Hall–Kier alpha value is -2.75. The zero-order valence-electron chi connectivity index (χ0n) is 13.2. The van der Waals surface area contributed by atoms with Crippen LogP contribution in [0.3, 0.4) is 0 Å². The highest BCUT2D eigenvalue weighted by Crippen LogP contribution is 2.31. The predicted octanol–water partition coefficient (Wildman–Crippen LogP) is 3.75. The summed E-state index contributed by atoms with van der Waals surface area (Å²) in [6.45, 7) is 2.05. The molecule has 1 atom stereocenters. The normalized spacial score (nSPS) is 16.2. The summed E-state index contributed by atoms with van der Waals surface area (Å²) >= 11 is 0. The molecule has 1 N–H and O–H groups in total. The van der Waals surface area contributed by atoms with Gasteiger partial charge in [0.2, 0.25) is 0 Å². The van der Waals surface area contributed by atoms with Crippen LogP contribution in [0.25, 0.3) is 10.9 Å². The zero-order chi connectivity index (χ0) is 16.0. The van der Waals surface area contributed by atoms with Gasteiger partial charge in [-0.25, -0.2) is 0 Å². The second kappa shape index (κ2) is 5.16. The number of nitrogens with zero attached hydrogens (tertiary/aromatic N) is 1. The molecule has 3 aromatic rings. The largest absolute Gasteiger partial charge is 0.490 e. The van der Waals surface area contributed by atoms with Crippen LogP contribution in [-0.2, 0) is 13.5 Å². The lowest BCUT2D eigenvalue weighted by Gasteiger charge is -2.08. The van der Waals surface area contributed by atoms with Crippen LogP contribution in [-0.4, -0.2) is 16.6 Å². The average Bonchev–Trinajstić information content (AvgIpc) is 3.09. The first-order valence-corrected chi connectivity index (χ1v) is 7.77. The molecule has 4 nitrogen and oxygen atoms in total. The summed E-state index contributed by atoms with van der Waals surface area (Å²) in [5, 5.41) is 3.96. The third-order valence-electron chi connectivity index (χ3n) is 4.33. The number of ether oxygens (including phenoxy) is 1. The second-order valence-corrected chi connectivity index (χ2v) is 6.07. The summed E-state index contributed by atoms with van der Waals surface area (Å²) in [4.78, 5) is 12.7. The van der Waals surface area contributed by atoms with Crippen molar-refractivity contribution in [3.8, 4) is 5.75 Å². The molecule has 1 amide bonds. The molecule has 0 radical (unpaired) electrons. The molecule has 1 aliphatic heterocycles. The molecular formula is C19H18N2O2. The Labute approximate surface area is 134 Å². The molecule has 4 rings (SSSR count). The van der Waals surface area contributed by atoms with Crippen LogP contribution in [0.5, 0.6) is 5.75 Å². The van der Waals surface area contributed by atoms with Crippen LogP contribution >= 0.6 is 0 Å². The molecule has 0 bridgehead atoms. The molecule has 1 aromatic heterocycles. The van der Waals surface area contributed by atoms with Crippen LogP contribution in [0.2, 0.25) is 0 Å². The molecule has 0 saturated carbocycles. The summed E-state index contributed by atoms with van der Waals surface area (Å²) < 4.78 is 7.71. The van der Waals surface area contributed by atoms with Gasteiger partial charge in [0.05, 0.1) is 0 Å². The number of amides is 1. The molecule has 0 fully saturated rings. The van der Waals surface area contributed by atoms with Gasteiger partial charge in [-0.15, -0.1) is 0 Å². The van der Waals surface area contributed by atoms with E-state index in [0.29, 0.717) is 5.56 Å². The molecule has 1 aliphatic rings. The molecule has 0 spiro atoms. The van der Waals surface area contributed by atoms with Crippen molar-refractivity contribution in [2.75, 3.05) is 5.32 Å². The first-order chi connectivity index (χ1) is 11.1. The Balaban J connectivity index is 1.64. The summed E-state index contributed by atoms with van der Waals surface area (Å²) in [7, 11) is 1.98. The standard InChI is InChI=1S/C19H18N2O2/c1-12-10-13-11-14(6-7-18(13)23-12)20-19(22)16-4-3-5-17-15(16)8-9-21(17)2/h3-9,11-12H,10H2,1-2H3,(H,20,22). The van der Waals surface area contributed by atoms with Gasteiger partial charge in [-0.2, -0.15) is 0 Å². The summed E-state index contributed by atoms with van der Waals surface area (Å²) in [6, 6.07) is 13.6. The summed E-state index contributed by atoms with van der Waals surface area (Å²) in [5.41, 5.74) is 3.69. The smallest absolute Gasteiger partial charge is 0.256 e. The topological polar surface area (TPSA) is 43.3 Å². The van der Waals surface area contributed by atoms with Crippen LogP contribution in [0.4, 0.5) is 5.69 Å². The Kier molecular flexibility index (Phi) is 3.11. The first-order valence-electron chi connectivity index (χ1n) is 7.77. The lowest BCUT2D eigenvalue weighted by Crippen LogP contribution is -2.12. The van der Waals surface area contributed by atoms with E-state index in [4.69, 9.17) is 4.74 Å². The van der Waals surface area contributed by atoms with Gasteiger partial charge in [0.1, 0.15) is 11.9 Å². The molecule has 0 saturated heterocycles. The van der Waals surface area contributed by atoms with Gasteiger partial charge >= 0.3 is 0 Å². The van der Waals surface area contributed by atoms with E-state index in [1.807, 2.05) is 67.2 Å². The lowest BCUT2D eigenvalue weighted by atomic mass is 10.1. The Morgan fingerprint density at radius 3 is 3.00 bits per heavy atom. The van der Waals surface area contributed by atoms with Crippen molar-refractivity contribution in [3.05, 3.63) is 59.8 Å². The summed E-state index contributed by atoms with van der Waals surface area (Å²) in [6.07, 6.45) is 3.05. The minimum atomic E-state index is -0.0892. The van der Waals surface area contributed by atoms with Crippen molar-refractivity contribution in [3.63, 3.8) is 0 Å². The third-order valence-corrected chi connectivity index (χ3v) is 4.33. The van der Waals surface area contributed by atoms with Gasteiger partial charge in [0.25, 0.3) is 5.91 Å². The number of benzene rings is 2. The van der Waals surface area contributed by atoms with Gasteiger partial charge in [-0.05, 0) is 48.9 Å². The molecular weight excluding hydrogens is 288 g/mol. The zero-order valence-corrected chi connectivity index (χ0v) is 13.2. The van der Waals surface area contributed by atoms with Crippen LogP contribution in [0.1, 0.15) is 22.8 Å². The van der Waals surface area contributed by atoms with Crippen molar-refractivity contribution in [2.45, 2.75) is 19.4 Å². The summed E-state index contributed by atoms with van der Waals surface area (Å²) in [5.74, 6) is 0.828. The molecule has 1 unspecified atom stereocenters. The second-order valence-electron chi connectivity index (χ2n) is 6.07. The fourth-order valence-electron chi connectivity index (χ4n) is 3.20. The van der Waals surface area contributed by atoms with E-state index in [-0.39, 0.29) is 12.0 Å². The maximum Gasteiger partial charge on any atom is 0.256 e. The van der Waals surface area contributed by atoms with Crippen LogP contribution in [0.15, 0.2) is 48.7 Å². The number of carbonyl (C=O) groups excluding carboxylic acids is 1. The van der Waals surface area contributed by atoms with Crippen molar-refractivity contribution < 1.29 is 9.53 Å². The Morgan fingerprint density at radius 1 is 1.26 bits per heavy atom. The van der Waals surface area contributed by atoms with E-state index in [2.05, 4.69) is 5.32 Å². The van der Waals surface area contributed by atoms with Crippen LogP contribution < -0.4 is 10.1 Å². The van der Waals surface area contributed by atoms with E-state index < -0.39 is 0 Å². The van der Waals surface area contributed by atoms with Crippen molar-refractivity contribution in [1.29, 1.82) is 0 Å². The van der Waals surface area contributed by atoms with E-state index in [1.165, 1.54) is 0 Å². The molecule has 23 heavy (non-hydrogen) atoms. The quantitative estimate of drug-likeness (QED) is 0.783. The fourth-order valence-corrected chi connectivity index (χ4v) is 3.20. The minimum absolute atomic E-state index is 0.0892. The van der Waals surface area contributed by atoms with Crippen LogP contribution in [0, 0.1) is 0 Å². The number of carbonyl (C=O) groups is 1. The van der Waals surface area contributed by atoms with Gasteiger partial charge in [0, 0.05) is 41.8 Å². The number of hydrogen-bond acceptors (Lipinski definition) is 2. The highest BCUT2D eigenvalue weighted by molar-refractivity contribution is 6.12. The SMILES string of the molecule is CC1Cc2cc(NC(=O)c3cccc4c3ccn4C)ccc2O1. The van der Waals surface area contributed by atoms with E-state index >= 15 is 0 Å². The number of anilines is 1. The fraction of sp³-hybridized carbons (Fsp3) is 0.211. The number of fused-ring (bicyclic) bond motifs is 2. The van der Waals surface area contributed by atoms with E-state index in [1.54, 1.807) is 0 Å². The van der Waals surface area contributed by atoms with Gasteiger partial charge < -0.3 is 14.6 Å². The molecule has 116 valence electrons. The molecule has 2 heterocycles. The Bertz CT molecular complexity index is 911. The predicted molar refractivity (Wildman–Crippen MR) is 91.1 cm³/mol. The monoisotopic (exact) mass is 306 g/mol. The average molecular weight is 306 g/mol. The molecule has 0 aliphatic carbocycles.